The lowest BCUT2D eigenvalue weighted by Gasteiger charge is -2.02. The van der Waals surface area contributed by atoms with Gasteiger partial charge in [-0.25, -0.2) is 4.98 Å². The van der Waals surface area contributed by atoms with Crippen molar-refractivity contribution in [3.63, 3.8) is 0 Å². The maximum Gasteiger partial charge on any atom is 0.123 e. The third-order valence-electron chi connectivity index (χ3n) is 2.80. The topological polar surface area (TPSA) is 48.1 Å². The summed E-state index contributed by atoms with van der Waals surface area (Å²) in [7, 11) is 1.67. The van der Waals surface area contributed by atoms with E-state index >= 15 is 0 Å². The van der Waals surface area contributed by atoms with E-state index < -0.39 is 0 Å². The molecule has 2 aromatic rings. The third-order valence-corrected chi connectivity index (χ3v) is 3.94. The molecule has 1 aromatic carbocycles. The molecule has 0 atom stereocenters. The smallest absolute Gasteiger partial charge is 0.123 e. The van der Waals surface area contributed by atoms with Gasteiger partial charge in [-0.15, -0.1) is 11.3 Å². The van der Waals surface area contributed by atoms with Crippen molar-refractivity contribution in [1.29, 1.82) is 0 Å². The summed E-state index contributed by atoms with van der Waals surface area (Å²) in [4.78, 5) is 5.88. The van der Waals surface area contributed by atoms with Crippen LogP contribution >= 0.6 is 11.3 Å². The van der Waals surface area contributed by atoms with Crippen molar-refractivity contribution >= 4 is 11.3 Å². The summed E-state index contributed by atoms with van der Waals surface area (Å²) < 4.78 is 5.16. The van der Waals surface area contributed by atoms with Crippen LogP contribution < -0.4 is 10.5 Å². The van der Waals surface area contributed by atoms with Crippen molar-refractivity contribution in [2.45, 2.75) is 26.3 Å². The minimum Gasteiger partial charge on any atom is -0.497 e. The molecular formula is C14H18N2OS. The van der Waals surface area contributed by atoms with E-state index in [-0.39, 0.29) is 0 Å². The average Bonchev–Trinajstić information content (AvgIpc) is 2.83. The van der Waals surface area contributed by atoms with Gasteiger partial charge < -0.3 is 10.5 Å². The number of hydrogen-bond donors (Lipinski definition) is 1. The lowest BCUT2D eigenvalue weighted by molar-refractivity contribution is 0.415. The quantitative estimate of drug-likeness (QED) is 0.918. The predicted molar refractivity (Wildman–Crippen MR) is 76.1 cm³/mol. The first-order chi connectivity index (χ1) is 8.65. The molecule has 4 heteroatoms. The summed E-state index contributed by atoms with van der Waals surface area (Å²) in [5.74, 6) is 1.27. The van der Waals surface area contributed by atoms with Gasteiger partial charge in [0.25, 0.3) is 0 Å². The van der Waals surface area contributed by atoms with Gasteiger partial charge >= 0.3 is 0 Å². The van der Waals surface area contributed by atoms with Crippen molar-refractivity contribution in [2.75, 3.05) is 7.11 Å². The molecule has 18 heavy (non-hydrogen) atoms. The van der Waals surface area contributed by atoms with Crippen LogP contribution in [0.4, 0.5) is 0 Å². The Kier molecular flexibility index (Phi) is 3.99. The average molecular weight is 262 g/mol. The van der Waals surface area contributed by atoms with Crippen LogP contribution in [0.15, 0.2) is 24.3 Å². The number of rotatable bonds is 4. The van der Waals surface area contributed by atoms with Gasteiger partial charge in [-0.2, -0.15) is 0 Å². The van der Waals surface area contributed by atoms with Gasteiger partial charge in [-0.05, 0) is 30.2 Å². The Balaban J connectivity index is 2.37. The summed E-state index contributed by atoms with van der Waals surface area (Å²) in [5.41, 5.74) is 8.01. The molecule has 96 valence electrons. The zero-order valence-corrected chi connectivity index (χ0v) is 11.8. The number of nitrogens with two attached hydrogens (primary N) is 1. The van der Waals surface area contributed by atoms with Crippen LogP contribution in [0.5, 0.6) is 5.75 Å². The second-order valence-corrected chi connectivity index (χ2v) is 5.50. The molecule has 0 aliphatic heterocycles. The van der Waals surface area contributed by atoms with Crippen LogP contribution in [0.1, 0.15) is 30.3 Å². The Morgan fingerprint density at radius 1 is 1.28 bits per heavy atom. The summed E-state index contributed by atoms with van der Waals surface area (Å²) in [6.45, 7) is 4.85. The monoisotopic (exact) mass is 262 g/mol. The molecule has 0 bridgehead atoms. The lowest BCUT2D eigenvalue weighted by Crippen LogP contribution is -1.99. The summed E-state index contributed by atoms with van der Waals surface area (Å²) in [6, 6.07) is 7.96. The highest BCUT2D eigenvalue weighted by molar-refractivity contribution is 7.15. The van der Waals surface area contributed by atoms with Gasteiger partial charge in [0, 0.05) is 17.0 Å². The highest BCUT2D eigenvalue weighted by Gasteiger charge is 2.14. The van der Waals surface area contributed by atoms with E-state index in [0.717, 1.165) is 22.0 Å². The molecule has 0 aliphatic carbocycles. The van der Waals surface area contributed by atoms with Crippen LogP contribution in [0.3, 0.4) is 0 Å². The molecule has 1 heterocycles. The Bertz CT molecular complexity index is 517. The maximum absolute atomic E-state index is 5.78. The molecule has 0 fully saturated rings. The van der Waals surface area contributed by atoms with Gasteiger partial charge in [0.15, 0.2) is 0 Å². The van der Waals surface area contributed by atoms with Crippen LogP contribution in [0, 0.1) is 0 Å². The number of nitrogens with zero attached hydrogens (tertiary/aromatic N) is 1. The van der Waals surface area contributed by atoms with E-state index in [0.29, 0.717) is 12.5 Å². The SMILES string of the molecule is COc1ccc(-c2nc(C(C)C)c(CN)s2)cc1. The van der Waals surface area contributed by atoms with E-state index in [2.05, 4.69) is 13.8 Å². The predicted octanol–water partition coefficient (Wildman–Crippen LogP) is 3.40. The Hall–Kier alpha value is -1.39. The first-order valence-corrected chi connectivity index (χ1v) is 6.81. The van der Waals surface area contributed by atoms with Gasteiger partial charge in [0.2, 0.25) is 0 Å². The van der Waals surface area contributed by atoms with E-state index in [4.69, 9.17) is 15.5 Å². The van der Waals surface area contributed by atoms with Crippen LogP contribution in [-0.4, -0.2) is 12.1 Å². The molecule has 2 rings (SSSR count). The molecule has 0 amide bonds. The zero-order valence-electron chi connectivity index (χ0n) is 10.9. The molecule has 0 radical (unpaired) electrons. The van der Waals surface area contributed by atoms with Gasteiger partial charge in [0.1, 0.15) is 10.8 Å². The Morgan fingerprint density at radius 3 is 2.39 bits per heavy atom. The van der Waals surface area contributed by atoms with E-state index in [1.807, 2.05) is 24.3 Å². The van der Waals surface area contributed by atoms with Crippen LogP contribution in [0.2, 0.25) is 0 Å². The molecule has 0 saturated carbocycles. The summed E-state index contributed by atoms with van der Waals surface area (Å²) in [5, 5.41) is 1.03. The molecule has 2 N–H and O–H groups in total. The molecule has 0 saturated heterocycles. The number of ether oxygens (including phenoxy) is 1. The molecule has 1 aromatic heterocycles. The van der Waals surface area contributed by atoms with Crippen molar-refractivity contribution < 1.29 is 4.74 Å². The normalized spacial score (nSPS) is 10.9. The van der Waals surface area contributed by atoms with Gasteiger partial charge in [0.05, 0.1) is 12.8 Å². The highest BCUT2D eigenvalue weighted by Crippen LogP contribution is 2.32. The molecule has 0 spiro atoms. The molecule has 0 aliphatic rings. The zero-order chi connectivity index (χ0) is 13.1. The molecule has 0 unspecified atom stereocenters. The standard InChI is InChI=1S/C14H18N2OS/c1-9(2)13-12(8-15)18-14(16-13)10-4-6-11(17-3)7-5-10/h4-7,9H,8,15H2,1-3H3. The fraction of sp³-hybridized carbons (Fsp3) is 0.357. The largest absolute Gasteiger partial charge is 0.497 e. The van der Waals surface area contributed by atoms with Crippen LogP contribution in [-0.2, 0) is 6.54 Å². The van der Waals surface area contributed by atoms with Gasteiger partial charge in [-0.3, -0.25) is 0 Å². The number of hydrogen-bond acceptors (Lipinski definition) is 4. The number of benzene rings is 1. The molecular weight excluding hydrogens is 244 g/mol. The fourth-order valence-corrected chi connectivity index (χ4v) is 2.92. The number of methoxy groups -OCH3 is 1. The first kappa shape index (κ1) is 13.1. The van der Waals surface area contributed by atoms with Gasteiger partial charge in [-0.1, -0.05) is 13.8 Å². The van der Waals surface area contributed by atoms with Crippen LogP contribution in [0.25, 0.3) is 10.6 Å². The van der Waals surface area contributed by atoms with E-state index in [1.165, 1.54) is 4.88 Å². The Labute approximate surface area is 112 Å². The summed E-state index contributed by atoms with van der Waals surface area (Å²) in [6.07, 6.45) is 0. The minimum atomic E-state index is 0.409. The highest BCUT2D eigenvalue weighted by atomic mass is 32.1. The maximum atomic E-state index is 5.78. The Morgan fingerprint density at radius 2 is 1.94 bits per heavy atom. The summed E-state index contributed by atoms with van der Waals surface area (Å²) >= 11 is 1.68. The molecule has 3 nitrogen and oxygen atoms in total. The first-order valence-electron chi connectivity index (χ1n) is 5.99. The van der Waals surface area contributed by atoms with E-state index in [1.54, 1.807) is 18.4 Å². The fourth-order valence-electron chi connectivity index (χ4n) is 1.82. The van der Waals surface area contributed by atoms with Crippen molar-refractivity contribution in [3.8, 4) is 16.3 Å². The second-order valence-electron chi connectivity index (χ2n) is 4.41. The van der Waals surface area contributed by atoms with Crippen molar-refractivity contribution in [2.24, 2.45) is 5.73 Å². The third kappa shape index (κ3) is 2.54. The second kappa shape index (κ2) is 5.50. The van der Waals surface area contributed by atoms with Crippen molar-refractivity contribution in [3.05, 3.63) is 34.8 Å². The number of aromatic nitrogens is 1. The minimum absolute atomic E-state index is 0.409. The van der Waals surface area contributed by atoms with Crippen molar-refractivity contribution in [1.82, 2.24) is 4.98 Å². The number of thiazole rings is 1. The van der Waals surface area contributed by atoms with E-state index in [9.17, 15) is 0 Å². The lowest BCUT2D eigenvalue weighted by atomic mass is 10.1.